The first kappa shape index (κ1) is 19.1. The molecule has 8 nitrogen and oxygen atoms in total. The minimum atomic E-state index is -3.36. The third-order valence-corrected chi connectivity index (χ3v) is 7.19. The van der Waals surface area contributed by atoms with Gasteiger partial charge in [-0.15, -0.1) is 0 Å². The number of fused-ring (bicyclic) bond motifs is 1. The minimum Gasteiger partial charge on any atom is -0.608 e. The number of nitrogens with one attached hydrogen (secondary N) is 4. The zero-order chi connectivity index (χ0) is 18.9. The smallest absolute Gasteiger partial charge is 0.216 e. The first-order chi connectivity index (χ1) is 12.2. The van der Waals surface area contributed by atoms with Crippen LogP contribution in [0.25, 0.3) is 10.9 Å². The highest BCUT2D eigenvalue weighted by atomic mass is 32.2. The first-order valence-corrected chi connectivity index (χ1v) is 10.4. The van der Waals surface area contributed by atoms with E-state index >= 15 is 0 Å². The van der Waals surface area contributed by atoms with Crippen molar-refractivity contribution in [3.8, 4) is 0 Å². The third-order valence-electron chi connectivity index (χ3n) is 4.93. The minimum absolute atomic E-state index is 0.00928. The van der Waals surface area contributed by atoms with Crippen molar-refractivity contribution in [2.24, 2.45) is 0 Å². The highest BCUT2D eigenvalue weighted by molar-refractivity contribution is 7.90. The van der Waals surface area contributed by atoms with Crippen molar-refractivity contribution < 1.29 is 13.6 Å². The van der Waals surface area contributed by atoms with Crippen LogP contribution >= 0.6 is 0 Å². The van der Waals surface area contributed by atoms with E-state index in [0.29, 0.717) is 25.7 Å². The van der Waals surface area contributed by atoms with Crippen molar-refractivity contribution in [1.82, 2.24) is 14.9 Å². The second-order valence-corrected chi connectivity index (χ2v) is 10.4. The molecule has 0 radical (unpaired) electrons. The Kier molecular flexibility index (Phi) is 5.25. The van der Waals surface area contributed by atoms with Crippen molar-refractivity contribution in [2.45, 2.75) is 63.3 Å². The standard InChI is InChI=1S/C17H27N5O3S/c1-17(2,3)26(24,25)21-13-4-7-15(8-5-13)22(23)20-14-6-9-16-12(10-14)11-18-19-16/h6,9-11,13,15,20-22H,4-5,7-8H2,1-3H3,(H,18,19). The summed E-state index contributed by atoms with van der Waals surface area (Å²) < 4.78 is 26.5. The zero-order valence-electron chi connectivity index (χ0n) is 15.4. The molecule has 0 aliphatic heterocycles. The van der Waals surface area contributed by atoms with E-state index in [4.69, 9.17) is 0 Å². The summed E-state index contributed by atoms with van der Waals surface area (Å²) in [6.07, 6.45) is 4.42. The van der Waals surface area contributed by atoms with E-state index in [1.54, 1.807) is 27.0 Å². The summed E-state index contributed by atoms with van der Waals surface area (Å²) in [5, 5.41) is 20.3. The summed E-state index contributed by atoms with van der Waals surface area (Å²) in [4.78, 5) is 0. The van der Waals surface area contributed by atoms with Gasteiger partial charge in [0, 0.05) is 24.3 Å². The van der Waals surface area contributed by atoms with E-state index in [-0.39, 0.29) is 17.3 Å². The van der Waals surface area contributed by atoms with E-state index < -0.39 is 14.8 Å². The summed E-state index contributed by atoms with van der Waals surface area (Å²) in [5.74, 6) is 0. The van der Waals surface area contributed by atoms with Gasteiger partial charge in [0.15, 0.2) is 0 Å². The van der Waals surface area contributed by atoms with Crippen molar-refractivity contribution in [3.05, 3.63) is 29.6 Å². The van der Waals surface area contributed by atoms with E-state index in [1.165, 1.54) is 0 Å². The predicted octanol–water partition coefficient (Wildman–Crippen LogP) is 1.30. The van der Waals surface area contributed by atoms with Crippen LogP contribution in [0.1, 0.15) is 46.5 Å². The van der Waals surface area contributed by atoms with Gasteiger partial charge in [-0.2, -0.15) is 5.10 Å². The van der Waals surface area contributed by atoms with E-state index in [0.717, 1.165) is 16.6 Å². The van der Waals surface area contributed by atoms with Gasteiger partial charge in [0.05, 0.1) is 22.1 Å². The van der Waals surface area contributed by atoms with Gasteiger partial charge in [-0.3, -0.25) is 10.3 Å². The van der Waals surface area contributed by atoms with Gasteiger partial charge in [-0.1, -0.05) is 0 Å². The van der Waals surface area contributed by atoms with Gasteiger partial charge in [-0.05, 0) is 51.8 Å². The summed E-state index contributed by atoms with van der Waals surface area (Å²) >= 11 is 0. The lowest BCUT2D eigenvalue weighted by molar-refractivity contribution is -0.854. The first-order valence-electron chi connectivity index (χ1n) is 8.91. The lowest BCUT2D eigenvalue weighted by Crippen LogP contribution is -3.14. The van der Waals surface area contributed by atoms with Crippen LogP contribution in [0.5, 0.6) is 0 Å². The van der Waals surface area contributed by atoms with Crippen molar-refractivity contribution >= 4 is 26.6 Å². The van der Waals surface area contributed by atoms with Crippen molar-refractivity contribution in [3.63, 3.8) is 0 Å². The zero-order valence-corrected chi connectivity index (χ0v) is 16.2. The molecule has 2 aromatic rings. The van der Waals surface area contributed by atoms with E-state index in [9.17, 15) is 13.6 Å². The quantitative estimate of drug-likeness (QED) is 0.583. The number of sulfonamides is 1. The summed E-state index contributed by atoms with van der Waals surface area (Å²) in [6.45, 7) is 5.06. The maximum Gasteiger partial charge on any atom is 0.216 e. The fourth-order valence-electron chi connectivity index (χ4n) is 3.13. The number of hydroxylamine groups is 1. The van der Waals surface area contributed by atoms with Crippen LogP contribution in [0.3, 0.4) is 0 Å². The number of aromatic nitrogens is 2. The molecule has 1 atom stereocenters. The Bertz CT molecular complexity index is 851. The van der Waals surface area contributed by atoms with Crippen LogP contribution in [0.15, 0.2) is 24.4 Å². The van der Waals surface area contributed by atoms with Crippen molar-refractivity contribution in [1.29, 1.82) is 0 Å². The molecule has 4 N–H and O–H groups in total. The molecule has 1 saturated carbocycles. The molecule has 1 heterocycles. The molecule has 0 saturated heterocycles. The number of quaternary nitrogens is 1. The molecule has 1 aliphatic carbocycles. The second kappa shape index (κ2) is 7.15. The number of aromatic amines is 1. The molecule has 0 spiro atoms. The average molecular weight is 382 g/mol. The third kappa shape index (κ3) is 4.17. The van der Waals surface area contributed by atoms with Crippen molar-refractivity contribution in [2.75, 3.05) is 5.43 Å². The fourth-order valence-corrected chi connectivity index (χ4v) is 4.16. The van der Waals surface area contributed by atoms with Crippen LogP contribution in [0.2, 0.25) is 0 Å². The lowest BCUT2D eigenvalue weighted by Gasteiger charge is -2.37. The topological polar surface area (TPSA) is 114 Å². The molecule has 1 fully saturated rings. The molecule has 0 bridgehead atoms. The SMILES string of the molecule is CC(C)(C)S(=O)(=O)NC1CCC([NH+]([O-])Nc2ccc3[nH]ncc3c2)CC1. The molecule has 0 amide bonds. The molecular weight excluding hydrogens is 354 g/mol. The van der Waals surface area contributed by atoms with Crippen LogP contribution in [-0.4, -0.2) is 35.4 Å². The number of anilines is 1. The largest absolute Gasteiger partial charge is 0.608 e. The average Bonchev–Trinajstić information content (AvgIpc) is 3.01. The van der Waals surface area contributed by atoms with Crippen LogP contribution in [0, 0.1) is 5.21 Å². The number of benzene rings is 1. The number of rotatable bonds is 5. The number of hydrogen-bond donors (Lipinski definition) is 4. The summed E-state index contributed by atoms with van der Waals surface area (Å²) in [6, 6.07) is 5.44. The highest BCUT2D eigenvalue weighted by Gasteiger charge is 2.34. The fraction of sp³-hybridized carbons (Fsp3) is 0.588. The molecule has 144 valence electrons. The molecule has 1 aromatic heterocycles. The molecule has 1 unspecified atom stereocenters. The maximum atomic E-state index is 12.5. The molecule has 1 aromatic carbocycles. The van der Waals surface area contributed by atoms with E-state index in [1.807, 2.05) is 18.2 Å². The van der Waals surface area contributed by atoms with Gasteiger partial charge >= 0.3 is 0 Å². The number of nitrogens with zero attached hydrogens (tertiary/aromatic N) is 1. The summed E-state index contributed by atoms with van der Waals surface area (Å²) in [7, 11) is -3.36. The maximum absolute atomic E-state index is 12.5. The van der Waals surface area contributed by atoms with Crippen LogP contribution < -0.4 is 15.3 Å². The van der Waals surface area contributed by atoms with Gasteiger partial charge in [0.25, 0.3) is 0 Å². The Morgan fingerprint density at radius 1 is 1.23 bits per heavy atom. The monoisotopic (exact) mass is 381 g/mol. The van der Waals surface area contributed by atoms with Gasteiger partial charge in [0.1, 0.15) is 6.04 Å². The number of hydrogen-bond acceptors (Lipinski definition) is 5. The number of H-pyrrole nitrogens is 1. The highest BCUT2D eigenvalue weighted by Crippen LogP contribution is 2.21. The predicted molar refractivity (Wildman–Crippen MR) is 102 cm³/mol. The molecule has 9 heteroatoms. The van der Waals surface area contributed by atoms with Gasteiger partial charge < -0.3 is 5.21 Å². The normalized spacial score (nSPS) is 23.1. The summed E-state index contributed by atoms with van der Waals surface area (Å²) in [5.41, 5.74) is 4.64. The van der Waals surface area contributed by atoms with Gasteiger partial charge in [0.2, 0.25) is 10.0 Å². The lowest BCUT2D eigenvalue weighted by atomic mass is 9.92. The Labute approximate surface area is 153 Å². The van der Waals surface area contributed by atoms with Crippen LogP contribution in [0.4, 0.5) is 5.69 Å². The molecule has 3 rings (SSSR count). The Hall–Kier alpha value is -1.68. The Balaban J connectivity index is 1.54. The molecular formula is C17H27N5O3S. The van der Waals surface area contributed by atoms with E-state index in [2.05, 4.69) is 20.3 Å². The van der Waals surface area contributed by atoms with Crippen LogP contribution in [-0.2, 0) is 10.0 Å². The second-order valence-electron chi connectivity index (χ2n) is 7.94. The van der Waals surface area contributed by atoms with Gasteiger partial charge in [-0.25, -0.2) is 18.6 Å². The Morgan fingerprint density at radius 3 is 2.58 bits per heavy atom. The molecule has 1 aliphatic rings. The Morgan fingerprint density at radius 2 is 1.92 bits per heavy atom. The molecule has 26 heavy (non-hydrogen) atoms.